The summed E-state index contributed by atoms with van der Waals surface area (Å²) in [5, 5.41) is 12.2. The van der Waals surface area contributed by atoms with Gasteiger partial charge in [-0.05, 0) is 36.8 Å². The largest absolute Gasteiger partial charge is 0.495 e. The van der Waals surface area contributed by atoms with Gasteiger partial charge < -0.3 is 14.8 Å². The third-order valence-corrected chi connectivity index (χ3v) is 6.85. The summed E-state index contributed by atoms with van der Waals surface area (Å²) in [4.78, 5) is 12.9. The lowest BCUT2D eigenvalue weighted by molar-refractivity contribution is -0.112. The number of nitrogens with one attached hydrogen (secondary N) is 1. The Bertz CT molecular complexity index is 1150. The number of sulfonamides is 1. The molecule has 0 saturated heterocycles. The number of nitriles is 1. The zero-order valence-corrected chi connectivity index (χ0v) is 20.1. The summed E-state index contributed by atoms with van der Waals surface area (Å²) in [6, 6.07) is 13.2. The zero-order chi connectivity index (χ0) is 24.4. The molecule has 0 aromatic heterocycles. The van der Waals surface area contributed by atoms with Crippen LogP contribution in [0.5, 0.6) is 11.5 Å². The molecule has 0 bridgehead atoms. The summed E-state index contributed by atoms with van der Waals surface area (Å²) >= 11 is 0. The maximum Gasteiger partial charge on any atom is 0.266 e. The van der Waals surface area contributed by atoms with E-state index in [1.165, 1.54) is 35.7 Å². The van der Waals surface area contributed by atoms with Crippen molar-refractivity contribution in [1.82, 2.24) is 4.31 Å². The monoisotopic (exact) mass is 471 g/mol. The molecule has 9 heteroatoms. The molecule has 1 amide bonds. The maximum atomic E-state index is 12.9. The van der Waals surface area contributed by atoms with E-state index in [1.54, 1.807) is 38.1 Å². The minimum atomic E-state index is -3.74. The number of nitrogens with zero attached hydrogens (tertiary/aromatic N) is 2. The average molecular weight is 472 g/mol. The van der Waals surface area contributed by atoms with Gasteiger partial charge in [0.25, 0.3) is 5.91 Å². The van der Waals surface area contributed by atoms with E-state index in [0.29, 0.717) is 31.0 Å². The molecule has 0 spiro atoms. The normalized spacial score (nSPS) is 11.7. The molecule has 0 fully saturated rings. The number of amides is 1. The van der Waals surface area contributed by atoms with Crippen molar-refractivity contribution in [3.63, 3.8) is 0 Å². The topological polar surface area (TPSA) is 109 Å². The van der Waals surface area contributed by atoms with Gasteiger partial charge in [0, 0.05) is 18.7 Å². The van der Waals surface area contributed by atoms with Gasteiger partial charge in [-0.1, -0.05) is 39.0 Å². The van der Waals surface area contributed by atoms with Gasteiger partial charge in [0.2, 0.25) is 10.0 Å². The van der Waals surface area contributed by atoms with Gasteiger partial charge in [0.1, 0.15) is 23.1 Å². The lowest BCUT2D eigenvalue weighted by Crippen LogP contribution is -2.30. The van der Waals surface area contributed by atoms with Crippen LogP contribution in [0.3, 0.4) is 0 Å². The Hall–Kier alpha value is -3.35. The van der Waals surface area contributed by atoms with Crippen molar-refractivity contribution in [2.24, 2.45) is 0 Å². The Labute approximate surface area is 195 Å². The van der Waals surface area contributed by atoms with Crippen molar-refractivity contribution in [2.75, 3.05) is 32.1 Å². The molecule has 0 heterocycles. The van der Waals surface area contributed by atoms with Crippen molar-refractivity contribution < 1.29 is 22.7 Å². The number of para-hydroxylation sites is 1. The van der Waals surface area contributed by atoms with Crippen molar-refractivity contribution in [2.45, 2.75) is 32.1 Å². The number of hydrogen-bond donors (Lipinski definition) is 1. The molecule has 1 N–H and O–H groups in total. The quantitative estimate of drug-likeness (QED) is 0.391. The number of hydrogen-bond acceptors (Lipinski definition) is 6. The van der Waals surface area contributed by atoms with Crippen molar-refractivity contribution in [3.8, 4) is 17.6 Å². The number of carbonyl (C=O) groups excluding carboxylic acids is 1. The second kappa shape index (κ2) is 12.0. The van der Waals surface area contributed by atoms with Gasteiger partial charge in [-0.25, -0.2) is 8.42 Å². The van der Waals surface area contributed by atoms with Crippen molar-refractivity contribution >= 4 is 27.7 Å². The summed E-state index contributed by atoms with van der Waals surface area (Å²) in [7, 11) is -2.33. The molecule has 8 nitrogen and oxygen atoms in total. The molecule has 0 aliphatic heterocycles. The van der Waals surface area contributed by atoms with Crippen LogP contribution >= 0.6 is 0 Å². The van der Waals surface area contributed by atoms with E-state index in [1.807, 2.05) is 13.0 Å². The first-order valence-corrected chi connectivity index (χ1v) is 12.1. The molecule has 2 aromatic rings. The highest BCUT2D eigenvalue weighted by Crippen LogP contribution is 2.30. The minimum Gasteiger partial charge on any atom is -0.495 e. The predicted molar refractivity (Wildman–Crippen MR) is 128 cm³/mol. The summed E-state index contributed by atoms with van der Waals surface area (Å²) in [6.07, 6.45) is 2.25. The number of ether oxygens (including phenoxy) is 2. The number of carbonyl (C=O) groups is 1. The van der Waals surface area contributed by atoms with Crippen LogP contribution < -0.4 is 14.8 Å². The molecule has 2 aromatic carbocycles. The van der Waals surface area contributed by atoms with Crippen LogP contribution in [0.25, 0.3) is 6.08 Å². The molecule has 176 valence electrons. The zero-order valence-electron chi connectivity index (χ0n) is 19.3. The Kier molecular flexibility index (Phi) is 9.45. The Morgan fingerprint density at radius 1 is 1.12 bits per heavy atom. The fraction of sp³-hybridized carbons (Fsp3) is 0.333. The molecule has 0 radical (unpaired) electrons. The maximum absolute atomic E-state index is 12.9. The highest BCUT2D eigenvalue weighted by molar-refractivity contribution is 7.89. The van der Waals surface area contributed by atoms with Gasteiger partial charge in [-0.2, -0.15) is 9.57 Å². The first kappa shape index (κ1) is 25.9. The molecule has 0 aliphatic rings. The van der Waals surface area contributed by atoms with Crippen LogP contribution in [0.2, 0.25) is 0 Å². The highest BCUT2D eigenvalue weighted by Gasteiger charge is 2.23. The summed E-state index contributed by atoms with van der Waals surface area (Å²) in [6.45, 7) is 6.61. The standard InChI is InChI=1S/C24H29N3O5S/c1-5-14-32-22-11-9-8-10-18(22)15-19(17-25)24(28)26-21-16-20(12-13-23(21)31-4)33(29,30)27(6-2)7-3/h8-13,15-16H,5-7,14H2,1-4H3,(H,26,28)/b19-15+. The lowest BCUT2D eigenvalue weighted by atomic mass is 10.1. The minimum absolute atomic E-state index is 0.0168. The first-order chi connectivity index (χ1) is 15.8. The van der Waals surface area contributed by atoms with E-state index in [4.69, 9.17) is 9.47 Å². The molecule has 0 atom stereocenters. The van der Waals surface area contributed by atoms with Crippen LogP contribution in [-0.4, -0.2) is 45.4 Å². The lowest BCUT2D eigenvalue weighted by Gasteiger charge is -2.19. The van der Waals surface area contributed by atoms with Crippen LogP contribution in [0.1, 0.15) is 32.8 Å². The average Bonchev–Trinajstić information content (AvgIpc) is 2.82. The molecule has 0 saturated carbocycles. The molecule has 0 unspecified atom stereocenters. The fourth-order valence-electron chi connectivity index (χ4n) is 3.09. The van der Waals surface area contributed by atoms with E-state index in [0.717, 1.165) is 6.42 Å². The first-order valence-electron chi connectivity index (χ1n) is 10.6. The smallest absolute Gasteiger partial charge is 0.266 e. The molecule has 0 aliphatic carbocycles. The Balaban J connectivity index is 2.41. The summed E-state index contributed by atoms with van der Waals surface area (Å²) < 4.78 is 38.0. The van der Waals surface area contributed by atoms with Crippen molar-refractivity contribution in [3.05, 3.63) is 53.6 Å². The number of methoxy groups -OCH3 is 1. The Morgan fingerprint density at radius 3 is 2.42 bits per heavy atom. The summed E-state index contributed by atoms with van der Waals surface area (Å²) in [5.41, 5.74) is 0.566. The number of rotatable bonds is 11. The van der Waals surface area contributed by atoms with Gasteiger partial charge >= 0.3 is 0 Å². The van der Waals surface area contributed by atoms with E-state index >= 15 is 0 Å². The molecular formula is C24H29N3O5S. The van der Waals surface area contributed by atoms with Gasteiger partial charge in [0.05, 0.1) is 24.3 Å². The second-order valence-corrected chi connectivity index (χ2v) is 8.90. The van der Waals surface area contributed by atoms with E-state index in [2.05, 4.69) is 5.32 Å². The molecule has 2 rings (SSSR count). The molecule has 33 heavy (non-hydrogen) atoms. The fourth-order valence-corrected chi connectivity index (χ4v) is 4.58. The van der Waals surface area contributed by atoms with Crippen LogP contribution in [0.15, 0.2) is 52.9 Å². The van der Waals surface area contributed by atoms with Gasteiger partial charge in [-0.3, -0.25) is 4.79 Å². The third-order valence-electron chi connectivity index (χ3n) is 4.81. The van der Waals surface area contributed by atoms with Gasteiger partial charge in [-0.15, -0.1) is 0 Å². The Morgan fingerprint density at radius 2 is 1.82 bits per heavy atom. The highest BCUT2D eigenvalue weighted by atomic mass is 32.2. The van der Waals surface area contributed by atoms with Crippen LogP contribution in [-0.2, 0) is 14.8 Å². The van der Waals surface area contributed by atoms with Crippen molar-refractivity contribution in [1.29, 1.82) is 5.26 Å². The van der Waals surface area contributed by atoms with Crippen LogP contribution in [0, 0.1) is 11.3 Å². The SMILES string of the molecule is CCCOc1ccccc1/C=C(\C#N)C(=O)Nc1cc(S(=O)(=O)N(CC)CC)ccc1OC. The number of benzene rings is 2. The van der Waals surface area contributed by atoms with Gasteiger partial charge in [0.15, 0.2) is 0 Å². The van der Waals surface area contributed by atoms with E-state index in [-0.39, 0.29) is 21.9 Å². The third kappa shape index (κ3) is 6.34. The summed E-state index contributed by atoms with van der Waals surface area (Å²) in [5.74, 6) is 0.133. The van der Waals surface area contributed by atoms with E-state index in [9.17, 15) is 18.5 Å². The predicted octanol–water partition coefficient (Wildman–Crippen LogP) is 4.06. The number of anilines is 1. The van der Waals surface area contributed by atoms with E-state index < -0.39 is 15.9 Å². The molecular weight excluding hydrogens is 442 g/mol. The van der Waals surface area contributed by atoms with Crippen LogP contribution in [0.4, 0.5) is 5.69 Å². The second-order valence-electron chi connectivity index (χ2n) is 6.96.